The lowest BCUT2D eigenvalue weighted by Crippen LogP contribution is -2.42. The van der Waals surface area contributed by atoms with E-state index in [4.69, 9.17) is 9.26 Å². The summed E-state index contributed by atoms with van der Waals surface area (Å²) in [5.74, 6) is 2.47. The van der Waals surface area contributed by atoms with Crippen molar-refractivity contribution in [3.63, 3.8) is 0 Å². The lowest BCUT2D eigenvalue weighted by molar-refractivity contribution is -0.0236. The Morgan fingerprint density at radius 3 is 2.66 bits per heavy atom. The molecule has 8 heteroatoms. The summed E-state index contributed by atoms with van der Waals surface area (Å²) in [6.07, 6.45) is 2.35. The fourth-order valence-corrected chi connectivity index (χ4v) is 4.79. The Morgan fingerprint density at radius 2 is 1.86 bits per heavy atom. The first-order chi connectivity index (χ1) is 14.0. The molecule has 1 N–H and O–H groups in total. The Bertz CT molecular complexity index is 1050. The highest BCUT2D eigenvalue weighted by Gasteiger charge is 2.43. The molecule has 0 spiro atoms. The number of rotatable bonds is 3. The van der Waals surface area contributed by atoms with Crippen LogP contribution in [0, 0.1) is 32.6 Å². The SMILES string of the molecule is Cc1ccc(O[C@@H]2C[C@@H]3CN(c4ncnc5onc(C)c45)C[C@@H]3C[C@H]2O)c(C)n1. The van der Waals surface area contributed by atoms with Crippen LogP contribution in [0.4, 0.5) is 5.82 Å². The summed E-state index contributed by atoms with van der Waals surface area (Å²) in [6, 6.07) is 3.89. The smallest absolute Gasteiger partial charge is 0.263 e. The second kappa shape index (κ2) is 6.95. The number of aliphatic hydroxyl groups excluding tert-OH is 1. The van der Waals surface area contributed by atoms with Crippen molar-refractivity contribution in [2.75, 3.05) is 18.0 Å². The second-order valence-corrected chi connectivity index (χ2v) is 8.30. The van der Waals surface area contributed by atoms with Gasteiger partial charge >= 0.3 is 0 Å². The predicted molar refractivity (Wildman–Crippen MR) is 107 cm³/mol. The van der Waals surface area contributed by atoms with Crippen LogP contribution in [0.25, 0.3) is 11.1 Å². The number of aliphatic hydroxyl groups is 1. The Labute approximate surface area is 168 Å². The monoisotopic (exact) mass is 395 g/mol. The molecule has 0 unspecified atom stereocenters. The molecule has 1 saturated heterocycles. The van der Waals surface area contributed by atoms with E-state index in [9.17, 15) is 5.11 Å². The first kappa shape index (κ1) is 18.3. The summed E-state index contributed by atoms with van der Waals surface area (Å²) >= 11 is 0. The average molecular weight is 395 g/mol. The van der Waals surface area contributed by atoms with Crippen molar-refractivity contribution in [1.29, 1.82) is 0 Å². The molecule has 2 fully saturated rings. The highest BCUT2D eigenvalue weighted by Crippen LogP contribution is 2.41. The van der Waals surface area contributed by atoms with Crippen LogP contribution in [-0.4, -0.2) is 50.5 Å². The summed E-state index contributed by atoms with van der Waals surface area (Å²) in [7, 11) is 0. The van der Waals surface area contributed by atoms with E-state index in [2.05, 4.69) is 25.0 Å². The van der Waals surface area contributed by atoms with Crippen LogP contribution in [-0.2, 0) is 0 Å². The molecule has 0 radical (unpaired) electrons. The lowest BCUT2D eigenvalue weighted by Gasteiger charge is -2.35. The topological polar surface area (TPSA) is 97.4 Å². The van der Waals surface area contributed by atoms with Crippen LogP contribution >= 0.6 is 0 Å². The van der Waals surface area contributed by atoms with Gasteiger partial charge in [-0.25, -0.2) is 4.98 Å². The molecule has 0 bridgehead atoms. The van der Waals surface area contributed by atoms with Crippen molar-refractivity contribution in [3.8, 4) is 5.75 Å². The summed E-state index contributed by atoms with van der Waals surface area (Å²) in [5, 5.41) is 15.7. The fourth-order valence-electron chi connectivity index (χ4n) is 4.79. The van der Waals surface area contributed by atoms with Crippen LogP contribution in [0.5, 0.6) is 5.75 Å². The predicted octanol–water partition coefficient (Wildman–Crippen LogP) is 2.59. The molecule has 4 atom stereocenters. The van der Waals surface area contributed by atoms with E-state index in [-0.39, 0.29) is 6.10 Å². The number of hydrogen-bond acceptors (Lipinski definition) is 8. The second-order valence-electron chi connectivity index (χ2n) is 8.30. The van der Waals surface area contributed by atoms with E-state index in [0.29, 0.717) is 17.5 Å². The zero-order valence-electron chi connectivity index (χ0n) is 16.9. The normalized spacial score (nSPS) is 26.7. The van der Waals surface area contributed by atoms with Crippen molar-refractivity contribution in [3.05, 3.63) is 35.5 Å². The number of nitrogens with zero attached hydrogens (tertiary/aromatic N) is 5. The van der Waals surface area contributed by atoms with Crippen molar-refractivity contribution in [1.82, 2.24) is 20.1 Å². The van der Waals surface area contributed by atoms with Gasteiger partial charge in [0, 0.05) is 18.8 Å². The number of aryl methyl sites for hydroxylation is 3. The minimum atomic E-state index is -0.486. The van der Waals surface area contributed by atoms with Gasteiger partial charge in [-0.3, -0.25) is 4.98 Å². The third-order valence-corrected chi connectivity index (χ3v) is 6.26. The summed E-state index contributed by atoms with van der Waals surface area (Å²) in [5.41, 5.74) is 3.14. The van der Waals surface area contributed by atoms with E-state index in [0.717, 1.165) is 60.0 Å². The maximum absolute atomic E-state index is 10.7. The molecular formula is C21H25N5O3. The minimum Gasteiger partial charge on any atom is -0.486 e. The first-order valence-electron chi connectivity index (χ1n) is 10.1. The Morgan fingerprint density at radius 1 is 1.07 bits per heavy atom. The van der Waals surface area contributed by atoms with Gasteiger partial charge in [0.05, 0.1) is 17.5 Å². The van der Waals surface area contributed by atoms with Crippen LogP contribution in [0.3, 0.4) is 0 Å². The molecule has 1 saturated carbocycles. The van der Waals surface area contributed by atoms with Gasteiger partial charge in [-0.15, -0.1) is 0 Å². The van der Waals surface area contributed by atoms with Crippen LogP contribution in [0.2, 0.25) is 0 Å². The molecular weight excluding hydrogens is 370 g/mol. The number of pyridine rings is 1. The Hall–Kier alpha value is -2.74. The van der Waals surface area contributed by atoms with Crippen molar-refractivity contribution in [2.45, 2.75) is 45.8 Å². The van der Waals surface area contributed by atoms with Crippen LogP contribution in [0.15, 0.2) is 23.0 Å². The van der Waals surface area contributed by atoms with E-state index >= 15 is 0 Å². The minimum absolute atomic E-state index is 0.220. The molecule has 2 aliphatic rings. The number of ether oxygens (including phenoxy) is 1. The van der Waals surface area contributed by atoms with E-state index in [1.54, 1.807) is 0 Å². The van der Waals surface area contributed by atoms with Gasteiger partial charge in [-0.1, -0.05) is 5.16 Å². The van der Waals surface area contributed by atoms with Crippen molar-refractivity contribution < 1.29 is 14.4 Å². The first-order valence-corrected chi connectivity index (χ1v) is 10.1. The molecule has 0 aromatic carbocycles. The summed E-state index contributed by atoms with van der Waals surface area (Å²) < 4.78 is 11.5. The molecule has 4 heterocycles. The van der Waals surface area contributed by atoms with Crippen LogP contribution in [0.1, 0.15) is 29.9 Å². The quantitative estimate of drug-likeness (QED) is 0.723. The molecule has 29 heavy (non-hydrogen) atoms. The molecule has 0 amide bonds. The fraction of sp³-hybridized carbons (Fsp3) is 0.524. The number of hydrogen-bond donors (Lipinski definition) is 1. The van der Waals surface area contributed by atoms with E-state index < -0.39 is 6.10 Å². The molecule has 152 valence electrons. The number of fused-ring (bicyclic) bond motifs is 2. The Kier molecular flexibility index (Phi) is 4.38. The maximum Gasteiger partial charge on any atom is 0.263 e. The van der Waals surface area contributed by atoms with Gasteiger partial charge in [0.2, 0.25) is 0 Å². The van der Waals surface area contributed by atoms with Gasteiger partial charge in [0.1, 0.15) is 29.4 Å². The third kappa shape index (κ3) is 3.21. The zero-order valence-corrected chi connectivity index (χ0v) is 16.9. The standard InChI is InChI=1S/C21H25N5O3/c1-11-4-5-17(12(2)24-11)28-18-7-15-9-26(8-14(15)6-16(18)27)20-19-13(3)25-29-21(19)23-10-22-20/h4-5,10,14-16,18,27H,6-9H2,1-3H3/t14-,15+,16+,18+/m0/s1. The maximum atomic E-state index is 10.7. The van der Waals surface area contributed by atoms with Gasteiger partial charge < -0.3 is 19.3 Å². The molecule has 3 aromatic rings. The van der Waals surface area contributed by atoms with Gasteiger partial charge in [0.25, 0.3) is 5.71 Å². The molecule has 1 aliphatic carbocycles. The highest BCUT2D eigenvalue weighted by atomic mass is 16.5. The summed E-state index contributed by atoms with van der Waals surface area (Å²) in [6.45, 7) is 7.55. The average Bonchev–Trinajstić information content (AvgIpc) is 3.27. The van der Waals surface area contributed by atoms with E-state index in [1.807, 2.05) is 32.9 Å². The molecule has 1 aliphatic heterocycles. The largest absolute Gasteiger partial charge is 0.486 e. The highest BCUT2D eigenvalue weighted by molar-refractivity contribution is 5.88. The van der Waals surface area contributed by atoms with Gasteiger partial charge in [-0.05, 0) is 57.6 Å². The van der Waals surface area contributed by atoms with Crippen molar-refractivity contribution >= 4 is 16.9 Å². The zero-order chi connectivity index (χ0) is 20.1. The van der Waals surface area contributed by atoms with Gasteiger partial charge in [0.15, 0.2) is 0 Å². The Balaban J connectivity index is 1.35. The number of aromatic nitrogens is 4. The number of anilines is 1. The van der Waals surface area contributed by atoms with Crippen LogP contribution < -0.4 is 9.64 Å². The van der Waals surface area contributed by atoms with Gasteiger partial charge in [-0.2, -0.15) is 4.98 Å². The van der Waals surface area contributed by atoms with Crippen molar-refractivity contribution in [2.24, 2.45) is 11.8 Å². The molecule has 3 aromatic heterocycles. The molecule has 5 rings (SSSR count). The lowest BCUT2D eigenvalue weighted by atomic mass is 9.78. The third-order valence-electron chi connectivity index (χ3n) is 6.26. The molecule has 8 nitrogen and oxygen atoms in total. The van der Waals surface area contributed by atoms with E-state index in [1.165, 1.54) is 6.33 Å². The summed E-state index contributed by atoms with van der Waals surface area (Å²) in [4.78, 5) is 15.4.